The van der Waals surface area contributed by atoms with Gasteiger partial charge in [-0.15, -0.1) is 0 Å². The molecule has 0 fully saturated rings. The van der Waals surface area contributed by atoms with Gasteiger partial charge >= 0.3 is 0 Å². The van der Waals surface area contributed by atoms with Crippen LogP contribution in [0.15, 0.2) is 85.1 Å². The fourth-order valence-electron chi connectivity index (χ4n) is 3.22. The Hall–Kier alpha value is -3.41. The Morgan fingerprint density at radius 1 is 1.00 bits per heavy atom. The van der Waals surface area contributed by atoms with E-state index in [1.54, 1.807) is 35.1 Å². The second-order valence-corrected chi connectivity index (χ2v) is 7.27. The highest BCUT2D eigenvalue weighted by Gasteiger charge is 2.19. The van der Waals surface area contributed by atoms with E-state index in [4.69, 9.17) is 11.6 Å². The van der Waals surface area contributed by atoms with Gasteiger partial charge in [0.15, 0.2) is 0 Å². The number of benzene rings is 3. The number of hydrogen-bond acceptors (Lipinski definition) is 3. The first kappa shape index (κ1) is 19.9. The summed E-state index contributed by atoms with van der Waals surface area (Å²) >= 11 is 6.30. The quantitative estimate of drug-likeness (QED) is 0.464. The van der Waals surface area contributed by atoms with E-state index < -0.39 is 0 Å². The van der Waals surface area contributed by atoms with E-state index in [1.807, 2.05) is 54.6 Å². The number of aliphatic hydroxyl groups excluding tert-OH is 1. The van der Waals surface area contributed by atoms with Crippen molar-refractivity contribution in [1.29, 1.82) is 0 Å². The summed E-state index contributed by atoms with van der Waals surface area (Å²) in [5.41, 5.74) is 4.17. The third-order valence-electron chi connectivity index (χ3n) is 4.71. The molecule has 0 unspecified atom stereocenters. The molecular formula is C24H20ClN3O2. The Morgan fingerprint density at radius 3 is 2.53 bits per heavy atom. The van der Waals surface area contributed by atoms with Gasteiger partial charge < -0.3 is 10.4 Å². The Balaban J connectivity index is 1.69. The number of nitrogens with zero attached hydrogens (tertiary/aromatic N) is 2. The molecule has 3 aromatic carbocycles. The lowest BCUT2D eigenvalue weighted by Crippen LogP contribution is -2.12. The van der Waals surface area contributed by atoms with Gasteiger partial charge in [-0.3, -0.25) is 9.48 Å². The SMILES string of the molecule is O=C(Nc1cccc(CO)c1)c1cn(Cc2ccccc2Cl)nc1-c1ccccc1. The zero-order valence-electron chi connectivity index (χ0n) is 16.1. The van der Waals surface area contributed by atoms with Crippen molar-refractivity contribution < 1.29 is 9.90 Å². The lowest BCUT2D eigenvalue weighted by atomic mass is 10.1. The van der Waals surface area contributed by atoms with Gasteiger partial charge in [-0.2, -0.15) is 5.10 Å². The van der Waals surface area contributed by atoms with Gasteiger partial charge in [0.05, 0.1) is 18.7 Å². The molecule has 0 aliphatic carbocycles. The number of aliphatic hydroxyl groups is 1. The maximum atomic E-state index is 13.1. The van der Waals surface area contributed by atoms with Crippen LogP contribution >= 0.6 is 11.6 Å². The molecule has 1 aromatic heterocycles. The van der Waals surface area contributed by atoms with Crippen LogP contribution in [-0.2, 0) is 13.2 Å². The number of carbonyl (C=O) groups is 1. The van der Waals surface area contributed by atoms with Crippen LogP contribution in [-0.4, -0.2) is 20.8 Å². The number of amides is 1. The minimum absolute atomic E-state index is 0.0885. The standard InChI is InChI=1S/C24H20ClN3O2/c25-22-12-5-4-10-19(22)14-28-15-21(23(27-28)18-8-2-1-3-9-18)24(30)26-20-11-6-7-17(13-20)16-29/h1-13,15,29H,14,16H2,(H,26,30). The van der Waals surface area contributed by atoms with Gasteiger partial charge in [-0.1, -0.05) is 72.3 Å². The minimum atomic E-state index is -0.269. The molecule has 0 spiro atoms. The molecule has 0 aliphatic rings. The van der Waals surface area contributed by atoms with Crippen LogP contribution in [0.2, 0.25) is 5.02 Å². The Morgan fingerprint density at radius 2 is 1.77 bits per heavy atom. The molecule has 0 saturated carbocycles. The smallest absolute Gasteiger partial charge is 0.259 e. The molecule has 1 amide bonds. The Labute approximate surface area is 179 Å². The molecule has 4 rings (SSSR count). The number of hydrogen-bond donors (Lipinski definition) is 2. The Bertz CT molecular complexity index is 1170. The number of aromatic nitrogens is 2. The van der Waals surface area contributed by atoms with Gasteiger partial charge in [0, 0.05) is 22.5 Å². The Kier molecular flexibility index (Phi) is 5.93. The molecule has 1 heterocycles. The molecule has 0 atom stereocenters. The van der Waals surface area contributed by atoms with E-state index in [2.05, 4.69) is 10.4 Å². The van der Waals surface area contributed by atoms with Gasteiger partial charge in [0.25, 0.3) is 5.91 Å². The monoisotopic (exact) mass is 417 g/mol. The second kappa shape index (κ2) is 8.95. The van der Waals surface area contributed by atoms with Gasteiger partial charge in [0.2, 0.25) is 0 Å². The summed E-state index contributed by atoms with van der Waals surface area (Å²) < 4.78 is 1.72. The van der Waals surface area contributed by atoms with Crippen LogP contribution in [0.1, 0.15) is 21.5 Å². The molecule has 6 heteroatoms. The van der Waals surface area contributed by atoms with E-state index in [-0.39, 0.29) is 12.5 Å². The average Bonchev–Trinajstić information content (AvgIpc) is 3.20. The van der Waals surface area contributed by atoms with E-state index in [0.29, 0.717) is 28.5 Å². The van der Waals surface area contributed by atoms with Crippen molar-refractivity contribution in [2.24, 2.45) is 0 Å². The minimum Gasteiger partial charge on any atom is -0.392 e. The molecule has 30 heavy (non-hydrogen) atoms. The summed E-state index contributed by atoms with van der Waals surface area (Å²) in [7, 11) is 0. The molecule has 150 valence electrons. The zero-order valence-corrected chi connectivity index (χ0v) is 16.9. The molecule has 5 nitrogen and oxygen atoms in total. The first-order chi connectivity index (χ1) is 14.6. The highest BCUT2D eigenvalue weighted by atomic mass is 35.5. The van der Waals surface area contributed by atoms with Crippen LogP contribution in [0.25, 0.3) is 11.3 Å². The number of carbonyl (C=O) groups excluding carboxylic acids is 1. The highest BCUT2D eigenvalue weighted by Crippen LogP contribution is 2.25. The summed E-state index contributed by atoms with van der Waals surface area (Å²) in [6, 6.07) is 24.3. The molecule has 2 N–H and O–H groups in total. The lowest BCUT2D eigenvalue weighted by molar-refractivity contribution is 0.102. The van der Waals surface area contributed by atoms with Crippen molar-refractivity contribution in [2.75, 3.05) is 5.32 Å². The van der Waals surface area contributed by atoms with E-state index in [1.165, 1.54) is 0 Å². The van der Waals surface area contributed by atoms with Crippen LogP contribution in [0.3, 0.4) is 0 Å². The van der Waals surface area contributed by atoms with Crippen molar-refractivity contribution in [2.45, 2.75) is 13.2 Å². The summed E-state index contributed by atoms with van der Waals surface area (Å²) in [5, 5.41) is 17.6. The first-order valence-corrected chi connectivity index (χ1v) is 9.89. The predicted octanol–water partition coefficient (Wildman–Crippen LogP) is 5.00. The predicted molar refractivity (Wildman–Crippen MR) is 119 cm³/mol. The average molecular weight is 418 g/mol. The molecule has 0 bridgehead atoms. The summed E-state index contributed by atoms with van der Waals surface area (Å²) in [6.07, 6.45) is 1.73. The number of anilines is 1. The van der Waals surface area contributed by atoms with Crippen LogP contribution < -0.4 is 5.32 Å². The van der Waals surface area contributed by atoms with Crippen LogP contribution in [0, 0.1) is 0 Å². The largest absolute Gasteiger partial charge is 0.392 e. The maximum absolute atomic E-state index is 13.1. The van der Waals surface area contributed by atoms with E-state index >= 15 is 0 Å². The van der Waals surface area contributed by atoms with Crippen molar-refractivity contribution in [3.05, 3.63) is 107 Å². The normalized spacial score (nSPS) is 10.7. The molecule has 0 aliphatic heterocycles. The third-order valence-corrected chi connectivity index (χ3v) is 5.08. The maximum Gasteiger partial charge on any atom is 0.259 e. The fraction of sp³-hybridized carbons (Fsp3) is 0.0833. The second-order valence-electron chi connectivity index (χ2n) is 6.86. The molecule has 4 aromatic rings. The van der Waals surface area contributed by atoms with Crippen molar-refractivity contribution >= 4 is 23.2 Å². The lowest BCUT2D eigenvalue weighted by Gasteiger charge is -2.07. The zero-order chi connectivity index (χ0) is 20.9. The summed E-state index contributed by atoms with van der Waals surface area (Å²) in [4.78, 5) is 13.1. The van der Waals surface area contributed by atoms with Gasteiger partial charge in [0.1, 0.15) is 5.69 Å². The van der Waals surface area contributed by atoms with Crippen molar-refractivity contribution in [3.63, 3.8) is 0 Å². The number of nitrogens with one attached hydrogen (secondary N) is 1. The van der Waals surface area contributed by atoms with Gasteiger partial charge in [-0.25, -0.2) is 0 Å². The highest BCUT2D eigenvalue weighted by molar-refractivity contribution is 6.31. The van der Waals surface area contributed by atoms with Crippen LogP contribution in [0.5, 0.6) is 0 Å². The van der Waals surface area contributed by atoms with Gasteiger partial charge in [-0.05, 0) is 29.3 Å². The topological polar surface area (TPSA) is 67.2 Å². The summed E-state index contributed by atoms with van der Waals surface area (Å²) in [5.74, 6) is -0.269. The molecular weight excluding hydrogens is 398 g/mol. The van der Waals surface area contributed by atoms with Crippen molar-refractivity contribution in [1.82, 2.24) is 9.78 Å². The summed E-state index contributed by atoms with van der Waals surface area (Å²) in [6.45, 7) is 0.363. The number of rotatable bonds is 6. The molecule has 0 saturated heterocycles. The van der Waals surface area contributed by atoms with E-state index in [0.717, 1.165) is 16.7 Å². The van der Waals surface area contributed by atoms with Crippen molar-refractivity contribution in [3.8, 4) is 11.3 Å². The van der Waals surface area contributed by atoms with Crippen LogP contribution in [0.4, 0.5) is 5.69 Å². The number of halogens is 1. The fourth-order valence-corrected chi connectivity index (χ4v) is 3.42. The molecule has 0 radical (unpaired) electrons. The first-order valence-electron chi connectivity index (χ1n) is 9.51. The van der Waals surface area contributed by atoms with E-state index in [9.17, 15) is 9.90 Å². The third kappa shape index (κ3) is 4.43.